The SMILES string of the molecule is CN=C(NCc1ccc(O)c(F)c1)NC1CCCN(c2ccccc2C#N)C1.I. The van der Waals surface area contributed by atoms with Crippen LogP contribution in [0.5, 0.6) is 5.75 Å². The average molecular weight is 509 g/mol. The van der Waals surface area contributed by atoms with Crippen LogP contribution < -0.4 is 15.5 Å². The molecule has 1 atom stereocenters. The molecule has 1 aliphatic rings. The zero-order valence-electron chi connectivity index (χ0n) is 16.2. The van der Waals surface area contributed by atoms with E-state index in [0.29, 0.717) is 23.6 Å². The second kappa shape index (κ2) is 10.9. The predicted molar refractivity (Wildman–Crippen MR) is 123 cm³/mol. The van der Waals surface area contributed by atoms with Crippen molar-refractivity contribution in [2.45, 2.75) is 25.4 Å². The molecule has 1 aliphatic heterocycles. The molecule has 1 heterocycles. The van der Waals surface area contributed by atoms with Gasteiger partial charge in [0.2, 0.25) is 0 Å². The number of para-hydroxylation sites is 1. The van der Waals surface area contributed by atoms with Gasteiger partial charge >= 0.3 is 0 Å². The van der Waals surface area contributed by atoms with Gasteiger partial charge in [0.05, 0.1) is 11.3 Å². The highest BCUT2D eigenvalue weighted by atomic mass is 127. The van der Waals surface area contributed by atoms with Crippen LogP contribution >= 0.6 is 24.0 Å². The first kappa shape index (κ1) is 22.7. The summed E-state index contributed by atoms with van der Waals surface area (Å²) < 4.78 is 13.5. The van der Waals surface area contributed by atoms with Crippen molar-refractivity contribution in [2.24, 2.45) is 4.99 Å². The minimum Gasteiger partial charge on any atom is -0.505 e. The summed E-state index contributed by atoms with van der Waals surface area (Å²) in [6.07, 6.45) is 2.01. The Labute approximate surface area is 187 Å². The molecule has 2 aromatic carbocycles. The van der Waals surface area contributed by atoms with Crippen LogP contribution in [0.15, 0.2) is 47.5 Å². The van der Waals surface area contributed by atoms with Gasteiger partial charge in [-0.05, 0) is 42.7 Å². The van der Waals surface area contributed by atoms with E-state index in [4.69, 9.17) is 0 Å². The van der Waals surface area contributed by atoms with Crippen LogP contribution in [0.25, 0.3) is 0 Å². The quantitative estimate of drug-likeness (QED) is 0.335. The molecule has 0 aromatic heterocycles. The number of nitrogens with one attached hydrogen (secondary N) is 2. The van der Waals surface area contributed by atoms with Crippen molar-refractivity contribution >= 4 is 35.6 Å². The van der Waals surface area contributed by atoms with Gasteiger partial charge in [0.25, 0.3) is 0 Å². The van der Waals surface area contributed by atoms with Gasteiger partial charge in [-0.2, -0.15) is 5.26 Å². The third kappa shape index (κ3) is 5.97. The molecular formula is C21H25FIN5O. The van der Waals surface area contributed by atoms with Gasteiger partial charge in [-0.25, -0.2) is 4.39 Å². The number of benzene rings is 2. The molecule has 29 heavy (non-hydrogen) atoms. The second-order valence-electron chi connectivity index (χ2n) is 6.77. The molecule has 1 unspecified atom stereocenters. The van der Waals surface area contributed by atoms with Crippen molar-refractivity contribution in [3.63, 3.8) is 0 Å². The van der Waals surface area contributed by atoms with E-state index in [9.17, 15) is 14.8 Å². The fraction of sp³-hybridized carbons (Fsp3) is 0.333. The maximum absolute atomic E-state index is 13.5. The monoisotopic (exact) mass is 509 g/mol. The molecule has 0 amide bonds. The van der Waals surface area contributed by atoms with Crippen LogP contribution in [0.2, 0.25) is 0 Å². The van der Waals surface area contributed by atoms with E-state index in [1.54, 1.807) is 13.1 Å². The standard InChI is InChI=1S/C21H24FN5O.HI/c1-24-21(25-13-15-8-9-20(28)18(22)11-15)26-17-6-4-10-27(14-17)19-7-3-2-5-16(19)12-23;/h2-3,5,7-9,11,17,28H,4,6,10,13-14H2,1H3,(H2,24,25,26);1H. The molecule has 0 aliphatic carbocycles. The molecule has 0 saturated carbocycles. The highest BCUT2D eigenvalue weighted by Gasteiger charge is 2.22. The van der Waals surface area contributed by atoms with Gasteiger partial charge in [-0.15, -0.1) is 24.0 Å². The molecule has 3 rings (SSSR count). The Kier molecular flexibility index (Phi) is 8.51. The summed E-state index contributed by atoms with van der Waals surface area (Å²) in [5, 5.41) is 25.2. The Morgan fingerprint density at radius 3 is 2.86 bits per heavy atom. The summed E-state index contributed by atoms with van der Waals surface area (Å²) in [6, 6.07) is 14.4. The second-order valence-corrected chi connectivity index (χ2v) is 6.77. The first-order valence-electron chi connectivity index (χ1n) is 9.29. The highest BCUT2D eigenvalue weighted by molar-refractivity contribution is 14.0. The Bertz CT molecular complexity index is 899. The lowest BCUT2D eigenvalue weighted by Crippen LogP contribution is -2.51. The van der Waals surface area contributed by atoms with E-state index in [0.717, 1.165) is 31.6 Å². The number of nitrogens with zero attached hydrogens (tertiary/aromatic N) is 3. The van der Waals surface area contributed by atoms with Crippen LogP contribution in [-0.4, -0.2) is 37.2 Å². The summed E-state index contributed by atoms with van der Waals surface area (Å²) >= 11 is 0. The van der Waals surface area contributed by atoms with Crippen molar-refractivity contribution < 1.29 is 9.50 Å². The number of guanidine groups is 1. The van der Waals surface area contributed by atoms with Gasteiger partial charge in [0.1, 0.15) is 6.07 Å². The van der Waals surface area contributed by atoms with Crippen molar-refractivity contribution in [1.29, 1.82) is 5.26 Å². The maximum Gasteiger partial charge on any atom is 0.191 e. The number of anilines is 1. The first-order valence-corrected chi connectivity index (χ1v) is 9.29. The number of nitriles is 1. The lowest BCUT2D eigenvalue weighted by atomic mass is 10.0. The van der Waals surface area contributed by atoms with Crippen LogP contribution in [0.4, 0.5) is 10.1 Å². The van der Waals surface area contributed by atoms with E-state index in [1.165, 1.54) is 12.1 Å². The summed E-state index contributed by atoms with van der Waals surface area (Å²) in [5.41, 5.74) is 2.35. The predicted octanol–water partition coefficient (Wildman–Crippen LogP) is 3.35. The largest absolute Gasteiger partial charge is 0.505 e. The van der Waals surface area contributed by atoms with Gasteiger partial charge in [0, 0.05) is 32.7 Å². The normalized spacial score (nSPS) is 16.5. The first-order chi connectivity index (χ1) is 13.6. The Hall–Kier alpha value is -2.54. The number of rotatable bonds is 4. The van der Waals surface area contributed by atoms with E-state index in [1.807, 2.05) is 24.3 Å². The molecule has 1 fully saturated rings. The number of hydrogen-bond donors (Lipinski definition) is 3. The maximum atomic E-state index is 13.5. The van der Waals surface area contributed by atoms with E-state index >= 15 is 0 Å². The van der Waals surface area contributed by atoms with E-state index in [2.05, 4.69) is 26.6 Å². The lowest BCUT2D eigenvalue weighted by molar-refractivity contribution is 0.431. The van der Waals surface area contributed by atoms with Crippen molar-refractivity contribution in [3.05, 3.63) is 59.4 Å². The molecule has 6 nitrogen and oxygen atoms in total. The molecule has 0 spiro atoms. The Morgan fingerprint density at radius 1 is 1.34 bits per heavy atom. The van der Waals surface area contributed by atoms with Crippen LogP contribution in [0.1, 0.15) is 24.0 Å². The topological polar surface area (TPSA) is 83.7 Å². The third-order valence-electron chi connectivity index (χ3n) is 4.82. The number of phenols is 1. The Balaban J connectivity index is 0.00000300. The zero-order valence-corrected chi connectivity index (χ0v) is 18.6. The number of aromatic hydroxyl groups is 1. The van der Waals surface area contributed by atoms with E-state index in [-0.39, 0.29) is 35.8 Å². The van der Waals surface area contributed by atoms with E-state index < -0.39 is 5.82 Å². The lowest BCUT2D eigenvalue weighted by Gasteiger charge is -2.35. The number of halogens is 2. The minimum absolute atomic E-state index is 0. The number of phenolic OH excluding ortho intramolecular Hbond substituents is 1. The molecule has 0 radical (unpaired) electrons. The number of aliphatic imine (C=N–C) groups is 1. The third-order valence-corrected chi connectivity index (χ3v) is 4.82. The zero-order chi connectivity index (χ0) is 19.9. The average Bonchev–Trinajstić information content (AvgIpc) is 2.73. The molecule has 1 saturated heterocycles. The van der Waals surface area contributed by atoms with Gasteiger partial charge in [-0.3, -0.25) is 4.99 Å². The van der Waals surface area contributed by atoms with Gasteiger partial charge < -0.3 is 20.6 Å². The fourth-order valence-corrected chi connectivity index (χ4v) is 3.39. The molecule has 0 bridgehead atoms. The van der Waals surface area contributed by atoms with Crippen molar-refractivity contribution in [3.8, 4) is 11.8 Å². The van der Waals surface area contributed by atoms with Gasteiger partial charge in [0.15, 0.2) is 17.5 Å². The highest BCUT2D eigenvalue weighted by Crippen LogP contribution is 2.23. The minimum atomic E-state index is -0.638. The number of piperidine rings is 1. The van der Waals surface area contributed by atoms with Crippen LogP contribution in [0.3, 0.4) is 0 Å². The smallest absolute Gasteiger partial charge is 0.191 e. The summed E-state index contributed by atoms with van der Waals surface area (Å²) in [6.45, 7) is 2.08. The Morgan fingerprint density at radius 2 is 2.14 bits per heavy atom. The molecule has 2 aromatic rings. The molecule has 154 valence electrons. The molecule has 8 heteroatoms. The summed E-state index contributed by atoms with van der Waals surface area (Å²) in [5.74, 6) is -0.360. The molecule has 3 N–H and O–H groups in total. The summed E-state index contributed by atoms with van der Waals surface area (Å²) in [4.78, 5) is 6.47. The number of hydrogen-bond acceptors (Lipinski definition) is 4. The van der Waals surface area contributed by atoms with Crippen molar-refractivity contribution in [1.82, 2.24) is 10.6 Å². The van der Waals surface area contributed by atoms with Gasteiger partial charge in [-0.1, -0.05) is 18.2 Å². The van der Waals surface area contributed by atoms with Crippen LogP contribution in [0, 0.1) is 17.1 Å². The summed E-state index contributed by atoms with van der Waals surface area (Å²) in [7, 11) is 1.69. The van der Waals surface area contributed by atoms with Crippen LogP contribution in [-0.2, 0) is 6.54 Å². The fourth-order valence-electron chi connectivity index (χ4n) is 3.39. The molecular weight excluding hydrogens is 484 g/mol. The van der Waals surface area contributed by atoms with Crippen molar-refractivity contribution in [2.75, 3.05) is 25.0 Å².